The van der Waals surface area contributed by atoms with Gasteiger partial charge in [0.25, 0.3) is 0 Å². The van der Waals surface area contributed by atoms with Gasteiger partial charge in [0.1, 0.15) is 17.5 Å². The summed E-state index contributed by atoms with van der Waals surface area (Å²) in [6.07, 6.45) is 2.03. The van der Waals surface area contributed by atoms with Crippen molar-refractivity contribution in [1.82, 2.24) is 10.2 Å². The first-order valence-electron chi connectivity index (χ1n) is 11.2. The fourth-order valence-corrected chi connectivity index (χ4v) is 3.89. The van der Waals surface area contributed by atoms with Crippen LogP contribution in [0.15, 0.2) is 42.5 Å². The highest BCUT2D eigenvalue weighted by Gasteiger charge is 2.29. The quantitative estimate of drug-likeness (QED) is 0.373. The first-order chi connectivity index (χ1) is 15.9. The lowest BCUT2D eigenvalue weighted by Gasteiger charge is -2.31. The zero-order chi connectivity index (χ0) is 24.2. The van der Waals surface area contributed by atoms with E-state index in [1.165, 1.54) is 0 Å². The summed E-state index contributed by atoms with van der Waals surface area (Å²) >= 11 is 12.7. The highest BCUT2D eigenvalue weighted by molar-refractivity contribution is 6.36. The van der Waals surface area contributed by atoms with Crippen molar-refractivity contribution in [3.05, 3.63) is 58.1 Å². The Kier molecular flexibility index (Phi) is 11.3. The molecule has 1 atom stereocenters. The number of hydrogen-bond acceptors (Lipinski definition) is 4. The maximum Gasteiger partial charge on any atom is 0.242 e. The van der Waals surface area contributed by atoms with Gasteiger partial charge in [-0.15, -0.1) is 0 Å². The first-order valence-corrected chi connectivity index (χ1v) is 11.9. The third-order valence-corrected chi connectivity index (χ3v) is 5.90. The summed E-state index contributed by atoms with van der Waals surface area (Å²) in [5, 5.41) is 3.83. The Balaban J connectivity index is 2.08. The molecule has 2 rings (SSSR count). The van der Waals surface area contributed by atoms with E-state index in [0.717, 1.165) is 12.2 Å². The summed E-state index contributed by atoms with van der Waals surface area (Å²) in [4.78, 5) is 27.6. The van der Waals surface area contributed by atoms with Crippen LogP contribution in [-0.2, 0) is 16.1 Å². The van der Waals surface area contributed by atoms with Gasteiger partial charge in [-0.25, -0.2) is 0 Å². The van der Waals surface area contributed by atoms with E-state index in [4.69, 9.17) is 32.7 Å². The second kappa shape index (κ2) is 14.0. The van der Waals surface area contributed by atoms with Crippen molar-refractivity contribution in [1.29, 1.82) is 0 Å². The van der Waals surface area contributed by atoms with Crippen LogP contribution in [0.2, 0.25) is 10.0 Å². The largest absolute Gasteiger partial charge is 0.497 e. The lowest BCUT2D eigenvalue weighted by molar-refractivity contribution is -0.141. The maximum atomic E-state index is 13.2. The topological polar surface area (TPSA) is 67.9 Å². The molecule has 2 amide bonds. The second-order valence-electron chi connectivity index (χ2n) is 7.56. The van der Waals surface area contributed by atoms with Crippen LogP contribution in [-0.4, -0.2) is 43.0 Å². The van der Waals surface area contributed by atoms with Crippen molar-refractivity contribution >= 4 is 35.0 Å². The van der Waals surface area contributed by atoms with Crippen molar-refractivity contribution in [3.8, 4) is 11.5 Å². The van der Waals surface area contributed by atoms with Crippen LogP contribution in [0.5, 0.6) is 11.5 Å². The molecule has 33 heavy (non-hydrogen) atoms. The standard InChI is InChI=1S/C25H32Cl2N2O4/c1-4-15-28-25(31)23(5-2)29(17-20-21(26)8-6-9-22(20)27)24(30)10-7-16-33-19-13-11-18(32-3)12-14-19/h6,8-9,11-14,23H,4-5,7,10,15-17H2,1-3H3,(H,28,31). The summed E-state index contributed by atoms with van der Waals surface area (Å²) in [6, 6.07) is 11.9. The molecule has 0 aliphatic carbocycles. The fraction of sp³-hybridized carbons (Fsp3) is 0.440. The van der Waals surface area contributed by atoms with Crippen molar-refractivity contribution < 1.29 is 19.1 Å². The lowest BCUT2D eigenvalue weighted by atomic mass is 10.1. The van der Waals surface area contributed by atoms with Gasteiger partial charge in [-0.3, -0.25) is 9.59 Å². The van der Waals surface area contributed by atoms with Crippen LogP contribution in [0.1, 0.15) is 45.1 Å². The molecule has 0 heterocycles. The van der Waals surface area contributed by atoms with Crippen LogP contribution in [0, 0.1) is 0 Å². The van der Waals surface area contributed by atoms with Gasteiger partial charge in [-0.05, 0) is 55.7 Å². The molecule has 0 spiro atoms. The number of ether oxygens (including phenoxy) is 2. The smallest absolute Gasteiger partial charge is 0.242 e. The number of nitrogens with one attached hydrogen (secondary N) is 1. The maximum absolute atomic E-state index is 13.2. The molecule has 0 aliphatic rings. The van der Waals surface area contributed by atoms with E-state index in [0.29, 0.717) is 47.4 Å². The van der Waals surface area contributed by atoms with Gasteiger partial charge >= 0.3 is 0 Å². The SMILES string of the molecule is CCCNC(=O)C(CC)N(Cc1c(Cl)cccc1Cl)C(=O)CCCOc1ccc(OC)cc1. The van der Waals surface area contributed by atoms with Crippen molar-refractivity contribution in [2.45, 2.75) is 52.1 Å². The third-order valence-electron chi connectivity index (χ3n) is 5.19. The molecule has 180 valence electrons. The monoisotopic (exact) mass is 494 g/mol. The summed E-state index contributed by atoms with van der Waals surface area (Å²) < 4.78 is 10.9. The Morgan fingerprint density at radius 1 is 1.03 bits per heavy atom. The van der Waals surface area contributed by atoms with Gasteiger partial charge < -0.3 is 19.7 Å². The van der Waals surface area contributed by atoms with Crippen molar-refractivity contribution in [2.24, 2.45) is 0 Å². The Labute approximate surface area is 206 Å². The molecule has 0 bridgehead atoms. The molecule has 1 N–H and O–H groups in total. The Morgan fingerprint density at radius 2 is 1.67 bits per heavy atom. The first kappa shape index (κ1) is 26.8. The van der Waals surface area contributed by atoms with Gasteiger partial charge in [-0.2, -0.15) is 0 Å². The van der Waals surface area contributed by atoms with Gasteiger partial charge in [0.2, 0.25) is 11.8 Å². The molecule has 0 aliphatic heterocycles. The van der Waals surface area contributed by atoms with Crippen LogP contribution < -0.4 is 14.8 Å². The fourth-order valence-electron chi connectivity index (χ4n) is 3.37. The van der Waals surface area contributed by atoms with Crippen LogP contribution in [0.3, 0.4) is 0 Å². The minimum absolute atomic E-state index is 0.150. The van der Waals surface area contributed by atoms with E-state index in [-0.39, 0.29) is 24.8 Å². The van der Waals surface area contributed by atoms with Crippen molar-refractivity contribution in [3.63, 3.8) is 0 Å². The van der Waals surface area contributed by atoms with Crippen LogP contribution in [0.25, 0.3) is 0 Å². The van der Waals surface area contributed by atoms with Gasteiger partial charge in [0.15, 0.2) is 0 Å². The normalized spacial score (nSPS) is 11.5. The number of nitrogens with zero attached hydrogens (tertiary/aromatic N) is 1. The molecule has 0 fully saturated rings. The van der Waals surface area contributed by atoms with E-state index in [2.05, 4.69) is 5.32 Å². The molecule has 0 radical (unpaired) electrons. The van der Waals surface area contributed by atoms with E-state index in [9.17, 15) is 9.59 Å². The minimum atomic E-state index is -0.612. The number of carbonyl (C=O) groups is 2. The number of methoxy groups -OCH3 is 1. The van der Waals surface area contributed by atoms with Crippen LogP contribution in [0.4, 0.5) is 0 Å². The van der Waals surface area contributed by atoms with Crippen LogP contribution >= 0.6 is 23.2 Å². The molecule has 8 heteroatoms. The third kappa shape index (κ3) is 8.13. The molecule has 2 aromatic rings. The Morgan fingerprint density at radius 3 is 2.24 bits per heavy atom. The van der Waals surface area contributed by atoms with Crippen molar-refractivity contribution in [2.75, 3.05) is 20.3 Å². The highest BCUT2D eigenvalue weighted by atomic mass is 35.5. The van der Waals surface area contributed by atoms with Gasteiger partial charge in [0, 0.05) is 35.1 Å². The highest BCUT2D eigenvalue weighted by Crippen LogP contribution is 2.27. The molecule has 0 saturated heterocycles. The molecule has 1 unspecified atom stereocenters. The predicted octanol–water partition coefficient (Wildman–Crippen LogP) is 5.49. The number of halogens is 2. The number of rotatable bonds is 13. The van der Waals surface area contributed by atoms with E-state index in [1.807, 2.05) is 38.1 Å². The molecule has 2 aromatic carbocycles. The Bertz CT molecular complexity index is 886. The van der Waals surface area contributed by atoms with E-state index < -0.39 is 6.04 Å². The zero-order valence-electron chi connectivity index (χ0n) is 19.4. The Hall–Kier alpha value is -2.44. The minimum Gasteiger partial charge on any atom is -0.497 e. The number of amides is 2. The average molecular weight is 495 g/mol. The molecule has 6 nitrogen and oxygen atoms in total. The lowest BCUT2D eigenvalue weighted by Crippen LogP contribution is -2.49. The summed E-state index contributed by atoms with van der Waals surface area (Å²) in [5.74, 6) is 1.12. The summed E-state index contributed by atoms with van der Waals surface area (Å²) in [6.45, 7) is 4.96. The molecule has 0 saturated carbocycles. The second-order valence-corrected chi connectivity index (χ2v) is 8.38. The molecular weight excluding hydrogens is 463 g/mol. The van der Waals surface area contributed by atoms with E-state index in [1.54, 1.807) is 30.2 Å². The molecule has 0 aromatic heterocycles. The van der Waals surface area contributed by atoms with Gasteiger partial charge in [-0.1, -0.05) is 43.1 Å². The zero-order valence-corrected chi connectivity index (χ0v) is 20.9. The number of carbonyl (C=O) groups excluding carboxylic acids is 2. The molecular formula is C25H32Cl2N2O4. The number of benzene rings is 2. The summed E-state index contributed by atoms with van der Waals surface area (Å²) in [5.41, 5.74) is 0.630. The van der Waals surface area contributed by atoms with Gasteiger partial charge in [0.05, 0.1) is 13.7 Å². The average Bonchev–Trinajstić information content (AvgIpc) is 2.82. The van der Waals surface area contributed by atoms with E-state index >= 15 is 0 Å². The predicted molar refractivity (Wildman–Crippen MR) is 132 cm³/mol. The summed E-state index contributed by atoms with van der Waals surface area (Å²) in [7, 11) is 1.61. The number of hydrogen-bond donors (Lipinski definition) is 1.